The van der Waals surface area contributed by atoms with E-state index in [9.17, 15) is 0 Å². The van der Waals surface area contributed by atoms with E-state index >= 15 is 0 Å². The number of aromatic nitrogens is 1. The minimum absolute atomic E-state index is 0.171. The van der Waals surface area contributed by atoms with Crippen LogP contribution in [-0.4, -0.2) is 48.1 Å². The zero-order valence-electron chi connectivity index (χ0n) is 12.8. The molecule has 2 heterocycles. The highest BCUT2D eigenvalue weighted by Gasteiger charge is 2.32. The average Bonchev–Trinajstić information content (AvgIpc) is 3.02. The predicted octanol–water partition coefficient (Wildman–Crippen LogP) is 2.56. The predicted molar refractivity (Wildman–Crippen MR) is 87.5 cm³/mol. The van der Waals surface area contributed by atoms with Crippen molar-refractivity contribution in [2.45, 2.75) is 45.1 Å². The molecule has 0 aromatic carbocycles. The fourth-order valence-electron chi connectivity index (χ4n) is 2.95. The van der Waals surface area contributed by atoms with E-state index in [1.165, 1.54) is 25.7 Å². The molecule has 1 aliphatic heterocycles. The molecule has 114 valence electrons. The van der Waals surface area contributed by atoms with Gasteiger partial charge in [-0.05, 0) is 13.3 Å². The lowest BCUT2D eigenvalue weighted by atomic mass is 9.91. The highest BCUT2D eigenvalue weighted by molar-refractivity contribution is 7.13. The zero-order chi connectivity index (χ0) is 14.4. The third-order valence-corrected chi connectivity index (χ3v) is 5.32. The molecule has 0 radical (unpaired) electrons. The zero-order valence-corrected chi connectivity index (χ0v) is 13.7. The molecule has 2 N–H and O–H groups in total. The SMILES string of the molecule is CCCCCC(C)(CN)N1CCN(c2nccs2)CC1. The summed E-state index contributed by atoms with van der Waals surface area (Å²) in [7, 11) is 0. The van der Waals surface area contributed by atoms with Gasteiger partial charge < -0.3 is 10.6 Å². The molecule has 1 atom stereocenters. The number of hydrogen-bond donors (Lipinski definition) is 1. The number of thiazole rings is 1. The Morgan fingerprint density at radius 1 is 1.30 bits per heavy atom. The number of piperazine rings is 1. The van der Waals surface area contributed by atoms with Crippen molar-refractivity contribution in [1.29, 1.82) is 0 Å². The lowest BCUT2D eigenvalue weighted by Crippen LogP contribution is -2.58. The van der Waals surface area contributed by atoms with Gasteiger partial charge in [0.2, 0.25) is 0 Å². The Balaban J connectivity index is 1.87. The van der Waals surface area contributed by atoms with Crippen LogP contribution in [0, 0.1) is 0 Å². The van der Waals surface area contributed by atoms with Crippen molar-refractivity contribution < 1.29 is 0 Å². The largest absolute Gasteiger partial charge is 0.346 e. The molecule has 0 amide bonds. The van der Waals surface area contributed by atoms with E-state index in [0.717, 1.165) is 37.9 Å². The highest BCUT2D eigenvalue weighted by Crippen LogP contribution is 2.25. The molecule has 0 bridgehead atoms. The maximum absolute atomic E-state index is 6.08. The van der Waals surface area contributed by atoms with E-state index in [1.54, 1.807) is 11.3 Å². The summed E-state index contributed by atoms with van der Waals surface area (Å²) in [5.74, 6) is 0. The monoisotopic (exact) mass is 296 g/mol. The molecule has 0 spiro atoms. The van der Waals surface area contributed by atoms with Gasteiger partial charge in [-0.15, -0.1) is 11.3 Å². The first-order chi connectivity index (χ1) is 9.69. The van der Waals surface area contributed by atoms with Crippen LogP contribution in [0.25, 0.3) is 0 Å². The number of unbranched alkanes of at least 4 members (excludes halogenated alkanes) is 2. The number of hydrogen-bond acceptors (Lipinski definition) is 5. The van der Waals surface area contributed by atoms with Crippen LogP contribution in [0.1, 0.15) is 39.5 Å². The van der Waals surface area contributed by atoms with Gasteiger partial charge in [-0.3, -0.25) is 4.90 Å². The Morgan fingerprint density at radius 3 is 2.60 bits per heavy atom. The highest BCUT2D eigenvalue weighted by atomic mass is 32.1. The van der Waals surface area contributed by atoms with Crippen LogP contribution in [0.4, 0.5) is 5.13 Å². The van der Waals surface area contributed by atoms with Crippen LogP contribution in [-0.2, 0) is 0 Å². The molecular weight excluding hydrogens is 268 g/mol. The summed E-state index contributed by atoms with van der Waals surface area (Å²) in [5.41, 5.74) is 6.25. The normalized spacial score (nSPS) is 20.1. The van der Waals surface area contributed by atoms with Crippen LogP contribution in [0.3, 0.4) is 0 Å². The van der Waals surface area contributed by atoms with Gasteiger partial charge in [0.1, 0.15) is 0 Å². The molecule has 1 unspecified atom stereocenters. The minimum Gasteiger partial charge on any atom is -0.346 e. The summed E-state index contributed by atoms with van der Waals surface area (Å²) in [6.07, 6.45) is 6.99. The van der Waals surface area contributed by atoms with E-state index in [-0.39, 0.29) is 5.54 Å². The van der Waals surface area contributed by atoms with E-state index in [2.05, 4.69) is 34.0 Å². The topological polar surface area (TPSA) is 45.4 Å². The first-order valence-electron chi connectivity index (χ1n) is 7.79. The molecule has 1 fully saturated rings. The molecule has 5 heteroatoms. The van der Waals surface area contributed by atoms with Crippen molar-refractivity contribution in [2.24, 2.45) is 5.73 Å². The number of nitrogens with two attached hydrogens (primary N) is 1. The maximum atomic E-state index is 6.08. The quantitative estimate of drug-likeness (QED) is 0.786. The van der Waals surface area contributed by atoms with Gasteiger partial charge >= 0.3 is 0 Å². The summed E-state index contributed by atoms with van der Waals surface area (Å²) in [5, 5.41) is 3.21. The van der Waals surface area contributed by atoms with Crippen LogP contribution < -0.4 is 10.6 Å². The molecule has 1 saturated heterocycles. The number of rotatable bonds is 7. The molecule has 0 saturated carbocycles. The van der Waals surface area contributed by atoms with Crippen LogP contribution >= 0.6 is 11.3 Å². The second-order valence-electron chi connectivity index (χ2n) is 5.95. The first-order valence-corrected chi connectivity index (χ1v) is 8.67. The van der Waals surface area contributed by atoms with Crippen LogP contribution in [0.15, 0.2) is 11.6 Å². The minimum atomic E-state index is 0.171. The molecule has 20 heavy (non-hydrogen) atoms. The molecular formula is C15H28N4S. The van der Waals surface area contributed by atoms with Crippen LogP contribution in [0.5, 0.6) is 0 Å². The van der Waals surface area contributed by atoms with E-state index in [4.69, 9.17) is 5.73 Å². The summed E-state index contributed by atoms with van der Waals surface area (Å²) in [6.45, 7) is 9.68. The summed E-state index contributed by atoms with van der Waals surface area (Å²) in [6, 6.07) is 0. The Kier molecular flexibility index (Phi) is 5.81. The molecule has 2 rings (SSSR count). The Morgan fingerprint density at radius 2 is 2.05 bits per heavy atom. The van der Waals surface area contributed by atoms with Crippen molar-refractivity contribution in [3.8, 4) is 0 Å². The van der Waals surface area contributed by atoms with Crippen LogP contribution in [0.2, 0.25) is 0 Å². The third-order valence-electron chi connectivity index (χ3n) is 4.49. The Bertz CT molecular complexity index is 373. The fraction of sp³-hybridized carbons (Fsp3) is 0.800. The molecule has 1 aromatic rings. The van der Waals surface area contributed by atoms with E-state index in [1.807, 2.05) is 6.20 Å². The van der Waals surface area contributed by atoms with Gasteiger partial charge in [0.05, 0.1) is 0 Å². The summed E-state index contributed by atoms with van der Waals surface area (Å²) >= 11 is 1.73. The third kappa shape index (κ3) is 3.71. The van der Waals surface area contributed by atoms with Crippen molar-refractivity contribution >= 4 is 16.5 Å². The van der Waals surface area contributed by atoms with Crippen molar-refractivity contribution in [3.63, 3.8) is 0 Å². The fourth-order valence-corrected chi connectivity index (χ4v) is 3.65. The van der Waals surface area contributed by atoms with Gasteiger partial charge in [0.15, 0.2) is 5.13 Å². The van der Waals surface area contributed by atoms with Gasteiger partial charge in [-0.2, -0.15) is 0 Å². The smallest absolute Gasteiger partial charge is 0.185 e. The van der Waals surface area contributed by atoms with E-state index in [0.29, 0.717) is 0 Å². The van der Waals surface area contributed by atoms with Crippen molar-refractivity contribution in [2.75, 3.05) is 37.6 Å². The Hall–Kier alpha value is -0.650. The lowest BCUT2D eigenvalue weighted by Gasteiger charge is -2.45. The molecule has 0 aliphatic carbocycles. The van der Waals surface area contributed by atoms with Gasteiger partial charge in [0.25, 0.3) is 0 Å². The molecule has 1 aliphatic rings. The summed E-state index contributed by atoms with van der Waals surface area (Å²) in [4.78, 5) is 9.39. The number of anilines is 1. The van der Waals surface area contributed by atoms with Gasteiger partial charge in [-0.25, -0.2) is 4.98 Å². The van der Waals surface area contributed by atoms with Gasteiger partial charge in [-0.1, -0.05) is 26.2 Å². The van der Waals surface area contributed by atoms with Crippen molar-refractivity contribution in [1.82, 2.24) is 9.88 Å². The lowest BCUT2D eigenvalue weighted by molar-refractivity contribution is 0.0916. The first kappa shape index (κ1) is 15.7. The maximum Gasteiger partial charge on any atom is 0.185 e. The second-order valence-corrected chi connectivity index (χ2v) is 6.82. The number of nitrogens with zero attached hydrogens (tertiary/aromatic N) is 3. The standard InChI is InChI=1S/C15H28N4S/c1-3-4-5-6-15(2,13-16)19-10-8-18(9-11-19)14-17-7-12-20-14/h7,12H,3-6,8-11,13,16H2,1-2H3. The summed E-state index contributed by atoms with van der Waals surface area (Å²) < 4.78 is 0. The molecule has 4 nitrogen and oxygen atoms in total. The van der Waals surface area contributed by atoms with Gasteiger partial charge in [0, 0.05) is 49.8 Å². The Labute approximate surface area is 127 Å². The molecule has 1 aromatic heterocycles. The van der Waals surface area contributed by atoms with Crippen molar-refractivity contribution in [3.05, 3.63) is 11.6 Å². The van der Waals surface area contributed by atoms with E-state index < -0.39 is 0 Å². The second kappa shape index (κ2) is 7.38. The average molecular weight is 296 g/mol.